The Balaban J connectivity index is 2.50. The van der Waals surface area contributed by atoms with Crippen molar-refractivity contribution in [3.63, 3.8) is 0 Å². The Morgan fingerprint density at radius 2 is 1.78 bits per heavy atom. The molecule has 2 rings (SSSR count). The Labute approximate surface area is 111 Å². The molecule has 18 heavy (non-hydrogen) atoms. The van der Waals surface area contributed by atoms with Gasteiger partial charge in [0, 0.05) is 5.56 Å². The Morgan fingerprint density at radius 3 is 2.44 bits per heavy atom. The molecule has 0 aliphatic heterocycles. The number of ketones is 1. The van der Waals surface area contributed by atoms with Gasteiger partial charge in [-0.3, -0.25) is 4.79 Å². The van der Waals surface area contributed by atoms with Crippen LogP contribution < -0.4 is 4.74 Å². The van der Waals surface area contributed by atoms with E-state index in [9.17, 15) is 4.79 Å². The first kappa shape index (κ1) is 12.8. The van der Waals surface area contributed by atoms with Crippen molar-refractivity contribution in [2.45, 2.75) is 20.8 Å². The molecule has 0 atom stereocenters. The molecule has 2 nitrogen and oxygen atoms in total. The van der Waals surface area contributed by atoms with Crippen LogP contribution in [0.25, 0.3) is 0 Å². The van der Waals surface area contributed by atoms with Gasteiger partial charge in [-0.15, -0.1) is 11.3 Å². The van der Waals surface area contributed by atoms with E-state index in [0.717, 1.165) is 16.7 Å². The van der Waals surface area contributed by atoms with E-state index >= 15 is 0 Å². The predicted molar refractivity (Wildman–Crippen MR) is 75.0 cm³/mol. The van der Waals surface area contributed by atoms with Crippen LogP contribution in [0.2, 0.25) is 0 Å². The first-order valence-electron chi connectivity index (χ1n) is 5.78. The van der Waals surface area contributed by atoms with Crippen LogP contribution in [-0.2, 0) is 0 Å². The minimum absolute atomic E-state index is 0.0439. The third-order valence-corrected chi connectivity index (χ3v) is 4.04. The normalized spacial score (nSPS) is 10.4. The van der Waals surface area contributed by atoms with Gasteiger partial charge in [0.1, 0.15) is 10.6 Å². The number of methoxy groups -OCH3 is 1. The third kappa shape index (κ3) is 2.18. The zero-order chi connectivity index (χ0) is 13.3. The van der Waals surface area contributed by atoms with Crippen molar-refractivity contribution in [3.05, 3.63) is 50.7 Å². The first-order chi connectivity index (χ1) is 8.54. The fourth-order valence-electron chi connectivity index (χ4n) is 1.95. The predicted octanol–water partition coefficient (Wildman–Crippen LogP) is 3.91. The highest BCUT2D eigenvalue weighted by Crippen LogP contribution is 2.29. The number of carbonyl (C=O) groups excluding carboxylic acids is 1. The molecule has 1 heterocycles. The van der Waals surface area contributed by atoms with Crippen molar-refractivity contribution in [1.29, 1.82) is 0 Å². The van der Waals surface area contributed by atoms with Crippen molar-refractivity contribution in [2.75, 3.05) is 7.11 Å². The molecule has 1 aromatic heterocycles. The summed E-state index contributed by atoms with van der Waals surface area (Å²) in [5, 5.41) is 1.88. The number of carbonyl (C=O) groups is 1. The summed E-state index contributed by atoms with van der Waals surface area (Å²) in [7, 11) is 1.59. The van der Waals surface area contributed by atoms with E-state index in [1.165, 1.54) is 16.9 Å². The highest BCUT2D eigenvalue weighted by molar-refractivity contribution is 7.12. The van der Waals surface area contributed by atoms with Crippen LogP contribution >= 0.6 is 11.3 Å². The number of rotatable bonds is 3. The molecule has 0 bridgehead atoms. The number of thiophene rings is 1. The summed E-state index contributed by atoms with van der Waals surface area (Å²) < 4.78 is 5.21. The summed E-state index contributed by atoms with van der Waals surface area (Å²) in [6.07, 6.45) is 0. The van der Waals surface area contributed by atoms with Crippen molar-refractivity contribution >= 4 is 17.1 Å². The molecular weight excluding hydrogens is 244 g/mol. The van der Waals surface area contributed by atoms with Crippen molar-refractivity contribution in [3.8, 4) is 5.75 Å². The third-order valence-electron chi connectivity index (χ3n) is 3.14. The van der Waals surface area contributed by atoms with Gasteiger partial charge in [0.05, 0.1) is 7.11 Å². The second kappa shape index (κ2) is 4.94. The lowest BCUT2D eigenvalue weighted by atomic mass is 9.97. The summed E-state index contributed by atoms with van der Waals surface area (Å²) >= 11 is 1.42. The largest absolute Gasteiger partial charge is 0.495 e. The van der Waals surface area contributed by atoms with E-state index in [1.54, 1.807) is 7.11 Å². The van der Waals surface area contributed by atoms with Crippen LogP contribution in [0.15, 0.2) is 23.6 Å². The Kier molecular flexibility index (Phi) is 3.53. The Bertz CT molecular complexity index is 597. The topological polar surface area (TPSA) is 26.3 Å². The maximum atomic E-state index is 12.5. The molecule has 0 saturated carbocycles. The molecule has 0 N–H and O–H groups in total. The standard InChI is InChI=1S/C15H16O2S/c1-9-7-11(3)12(8-10(9)2)14(16)15-13(17-4)5-6-18-15/h5-8H,1-4H3. The van der Waals surface area contributed by atoms with Crippen molar-refractivity contribution in [1.82, 2.24) is 0 Å². The molecule has 0 unspecified atom stereocenters. The van der Waals surface area contributed by atoms with Crippen LogP contribution in [-0.4, -0.2) is 12.9 Å². The van der Waals surface area contributed by atoms with E-state index in [0.29, 0.717) is 10.6 Å². The van der Waals surface area contributed by atoms with Crippen LogP contribution in [0.4, 0.5) is 0 Å². The maximum Gasteiger partial charge on any atom is 0.207 e. The molecule has 0 aliphatic rings. The molecule has 0 spiro atoms. The molecular formula is C15H16O2S. The highest BCUT2D eigenvalue weighted by Gasteiger charge is 2.18. The second-order valence-electron chi connectivity index (χ2n) is 4.40. The van der Waals surface area contributed by atoms with Crippen molar-refractivity contribution < 1.29 is 9.53 Å². The molecule has 1 aromatic carbocycles. The molecule has 94 valence electrons. The molecule has 0 fully saturated rings. The Morgan fingerprint density at radius 1 is 1.11 bits per heavy atom. The number of benzene rings is 1. The number of ether oxygens (including phenoxy) is 1. The van der Waals surface area contributed by atoms with E-state index in [-0.39, 0.29) is 5.78 Å². The fourth-order valence-corrected chi connectivity index (χ4v) is 2.76. The van der Waals surface area contributed by atoms with Crippen molar-refractivity contribution in [2.24, 2.45) is 0 Å². The van der Waals surface area contributed by atoms with E-state index in [2.05, 4.69) is 13.0 Å². The van der Waals surface area contributed by atoms with Gasteiger partial charge in [-0.05, 0) is 55.0 Å². The van der Waals surface area contributed by atoms with Gasteiger partial charge in [0.25, 0.3) is 0 Å². The summed E-state index contributed by atoms with van der Waals surface area (Å²) in [5.74, 6) is 0.699. The zero-order valence-corrected chi connectivity index (χ0v) is 11.9. The van der Waals surface area contributed by atoms with Gasteiger partial charge < -0.3 is 4.74 Å². The first-order valence-corrected chi connectivity index (χ1v) is 6.66. The number of hydrogen-bond donors (Lipinski definition) is 0. The van der Waals surface area contributed by atoms with Gasteiger partial charge in [-0.2, -0.15) is 0 Å². The number of hydrogen-bond acceptors (Lipinski definition) is 3. The van der Waals surface area contributed by atoms with E-state index in [1.807, 2.05) is 31.4 Å². The monoisotopic (exact) mass is 260 g/mol. The minimum Gasteiger partial charge on any atom is -0.495 e. The summed E-state index contributed by atoms with van der Waals surface area (Å²) in [4.78, 5) is 13.2. The SMILES string of the molecule is COc1ccsc1C(=O)c1cc(C)c(C)cc1C. The molecule has 0 aliphatic carbocycles. The van der Waals surface area contributed by atoms with Crippen LogP contribution in [0.1, 0.15) is 31.9 Å². The highest BCUT2D eigenvalue weighted by atomic mass is 32.1. The minimum atomic E-state index is 0.0439. The summed E-state index contributed by atoms with van der Waals surface area (Å²) in [5.41, 5.74) is 4.12. The molecule has 2 aromatic rings. The average molecular weight is 260 g/mol. The molecule has 0 amide bonds. The van der Waals surface area contributed by atoms with E-state index in [4.69, 9.17) is 4.74 Å². The lowest BCUT2D eigenvalue weighted by Crippen LogP contribution is -2.04. The Hall–Kier alpha value is -1.61. The quantitative estimate of drug-likeness (QED) is 0.782. The lowest BCUT2D eigenvalue weighted by Gasteiger charge is -2.09. The zero-order valence-electron chi connectivity index (χ0n) is 11.0. The van der Waals surface area contributed by atoms with Gasteiger partial charge in [-0.25, -0.2) is 0 Å². The summed E-state index contributed by atoms with van der Waals surface area (Å²) in [6, 6.07) is 5.85. The number of aryl methyl sites for hydroxylation is 3. The van der Waals surface area contributed by atoms with Crippen LogP contribution in [0, 0.1) is 20.8 Å². The summed E-state index contributed by atoms with van der Waals surface area (Å²) in [6.45, 7) is 6.05. The van der Waals surface area contributed by atoms with Gasteiger partial charge in [0.15, 0.2) is 0 Å². The average Bonchev–Trinajstić information content (AvgIpc) is 2.81. The molecule has 0 saturated heterocycles. The molecule has 3 heteroatoms. The van der Waals surface area contributed by atoms with Crippen LogP contribution in [0.3, 0.4) is 0 Å². The van der Waals surface area contributed by atoms with Gasteiger partial charge >= 0.3 is 0 Å². The van der Waals surface area contributed by atoms with Crippen LogP contribution in [0.5, 0.6) is 5.75 Å². The molecule has 0 radical (unpaired) electrons. The van der Waals surface area contributed by atoms with E-state index < -0.39 is 0 Å². The lowest BCUT2D eigenvalue weighted by molar-refractivity contribution is 0.103. The maximum absolute atomic E-state index is 12.5. The second-order valence-corrected chi connectivity index (χ2v) is 5.31. The van der Waals surface area contributed by atoms with Gasteiger partial charge in [-0.1, -0.05) is 6.07 Å². The van der Waals surface area contributed by atoms with Gasteiger partial charge in [0.2, 0.25) is 5.78 Å². The smallest absolute Gasteiger partial charge is 0.207 e. The fraction of sp³-hybridized carbons (Fsp3) is 0.267.